The van der Waals surface area contributed by atoms with Crippen LogP contribution in [0.5, 0.6) is 5.75 Å². The van der Waals surface area contributed by atoms with E-state index in [1.165, 1.54) is 38.8 Å². The molecule has 2 aliphatic rings. The summed E-state index contributed by atoms with van der Waals surface area (Å²) < 4.78 is 10.9. The van der Waals surface area contributed by atoms with E-state index >= 15 is 0 Å². The lowest BCUT2D eigenvalue weighted by molar-refractivity contribution is 0.127. The number of nitrogen functional groups attached to an aromatic ring is 1. The van der Waals surface area contributed by atoms with Crippen LogP contribution in [0.1, 0.15) is 31.6 Å². The van der Waals surface area contributed by atoms with Gasteiger partial charge in [-0.2, -0.15) is 4.98 Å². The third-order valence-electron chi connectivity index (χ3n) is 5.44. The first-order valence-corrected chi connectivity index (χ1v) is 9.23. The molecule has 0 radical (unpaired) electrons. The van der Waals surface area contributed by atoms with E-state index in [9.17, 15) is 0 Å². The molecule has 25 heavy (non-hydrogen) atoms. The fourth-order valence-corrected chi connectivity index (χ4v) is 4.40. The Labute approximate surface area is 152 Å². The summed E-state index contributed by atoms with van der Waals surface area (Å²) in [6.45, 7) is 2.47. The summed E-state index contributed by atoms with van der Waals surface area (Å²) in [4.78, 5) is 7.21. The van der Waals surface area contributed by atoms with Crippen molar-refractivity contribution < 1.29 is 9.26 Å². The Balaban J connectivity index is 1.55. The van der Waals surface area contributed by atoms with Gasteiger partial charge in [-0.25, -0.2) is 0 Å². The van der Waals surface area contributed by atoms with Gasteiger partial charge in [0.25, 0.3) is 0 Å². The molecule has 2 saturated heterocycles. The van der Waals surface area contributed by atoms with Gasteiger partial charge < -0.3 is 19.9 Å². The number of ether oxygens (including phenoxy) is 1. The molecule has 0 spiro atoms. The second kappa shape index (κ2) is 6.84. The van der Waals surface area contributed by atoms with E-state index in [4.69, 9.17) is 26.6 Å². The lowest BCUT2D eigenvalue weighted by atomic mass is 9.86. The Hall–Kier alpha value is -1.79. The van der Waals surface area contributed by atoms with Gasteiger partial charge in [0.2, 0.25) is 11.7 Å². The minimum Gasteiger partial charge on any atom is -0.496 e. The highest BCUT2D eigenvalue weighted by Crippen LogP contribution is 2.36. The SMILES string of the molecule is COc1cc(N)c(Cl)cc1-c1noc(CC2CCCN3CCCC23)n1. The van der Waals surface area contributed by atoms with Crippen LogP contribution in [0.2, 0.25) is 5.02 Å². The number of fused-ring (bicyclic) bond motifs is 1. The molecule has 1 aromatic heterocycles. The molecule has 0 amide bonds. The van der Waals surface area contributed by atoms with Crippen molar-refractivity contribution in [1.29, 1.82) is 0 Å². The maximum Gasteiger partial charge on any atom is 0.227 e. The van der Waals surface area contributed by atoms with Gasteiger partial charge in [0.05, 0.1) is 23.4 Å². The average Bonchev–Trinajstić information content (AvgIpc) is 3.26. The summed E-state index contributed by atoms with van der Waals surface area (Å²) in [5.41, 5.74) is 7.00. The number of aromatic nitrogens is 2. The summed E-state index contributed by atoms with van der Waals surface area (Å²) in [6.07, 6.45) is 5.91. The van der Waals surface area contributed by atoms with Gasteiger partial charge in [0.1, 0.15) is 5.75 Å². The van der Waals surface area contributed by atoms with Crippen LogP contribution in [0.4, 0.5) is 5.69 Å². The van der Waals surface area contributed by atoms with Crippen LogP contribution in [-0.2, 0) is 6.42 Å². The third kappa shape index (κ3) is 3.20. The van der Waals surface area contributed by atoms with E-state index in [0.29, 0.717) is 45.7 Å². The highest BCUT2D eigenvalue weighted by atomic mass is 35.5. The van der Waals surface area contributed by atoms with Gasteiger partial charge in [0.15, 0.2) is 0 Å². The van der Waals surface area contributed by atoms with Crippen LogP contribution in [-0.4, -0.2) is 41.3 Å². The van der Waals surface area contributed by atoms with Crippen molar-refractivity contribution in [3.05, 3.63) is 23.0 Å². The van der Waals surface area contributed by atoms with Gasteiger partial charge >= 0.3 is 0 Å². The second-order valence-corrected chi connectivity index (χ2v) is 7.34. The molecule has 4 rings (SSSR count). The molecule has 2 fully saturated rings. The standard InChI is InChI=1S/C18H23ClN4O2/c1-24-16-10-14(20)13(19)9-12(16)18-21-17(25-22-18)8-11-4-2-6-23-7-3-5-15(11)23/h9-11,15H,2-8,20H2,1H3. The zero-order valence-electron chi connectivity index (χ0n) is 14.4. The number of halogens is 1. The fraction of sp³-hybridized carbons (Fsp3) is 0.556. The van der Waals surface area contributed by atoms with Gasteiger partial charge in [0, 0.05) is 18.5 Å². The molecule has 0 bridgehead atoms. The highest BCUT2D eigenvalue weighted by molar-refractivity contribution is 6.33. The van der Waals surface area contributed by atoms with Crippen LogP contribution in [0.25, 0.3) is 11.4 Å². The van der Waals surface area contributed by atoms with Crippen molar-refractivity contribution >= 4 is 17.3 Å². The van der Waals surface area contributed by atoms with Gasteiger partial charge in [-0.15, -0.1) is 0 Å². The zero-order valence-corrected chi connectivity index (χ0v) is 15.1. The molecule has 2 N–H and O–H groups in total. The maximum absolute atomic E-state index is 6.14. The monoisotopic (exact) mass is 362 g/mol. The zero-order chi connectivity index (χ0) is 17.4. The van der Waals surface area contributed by atoms with Crippen LogP contribution < -0.4 is 10.5 Å². The Morgan fingerprint density at radius 3 is 2.92 bits per heavy atom. The van der Waals surface area contributed by atoms with Crippen molar-refractivity contribution in [2.75, 3.05) is 25.9 Å². The van der Waals surface area contributed by atoms with Crippen molar-refractivity contribution in [3.63, 3.8) is 0 Å². The van der Waals surface area contributed by atoms with Crippen LogP contribution >= 0.6 is 11.6 Å². The average molecular weight is 363 g/mol. The Morgan fingerprint density at radius 2 is 2.12 bits per heavy atom. The minimum absolute atomic E-state index is 0.455. The summed E-state index contributed by atoms with van der Waals surface area (Å²) >= 11 is 6.14. The third-order valence-corrected chi connectivity index (χ3v) is 5.77. The molecule has 3 heterocycles. The Morgan fingerprint density at radius 1 is 1.32 bits per heavy atom. The fourth-order valence-electron chi connectivity index (χ4n) is 4.23. The molecular weight excluding hydrogens is 340 g/mol. The van der Waals surface area contributed by atoms with Gasteiger partial charge in [-0.1, -0.05) is 16.8 Å². The highest BCUT2D eigenvalue weighted by Gasteiger charge is 2.35. The molecule has 2 aliphatic heterocycles. The molecule has 6 nitrogen and oxygen atoms in total. The van der Waals surface area contributed by atoms with E-state index in [1.54, 1.807) is 19.2 Å². The molecule has 134 valence electrons. The van der Waals surface area contributed by atoms with Crippen LogP contribution in [0.3, 0.4) is 0 Å². The smallest absolute Gasteiger partial charge is 0.227 e. The number of nitrogens with zero attached hydrogens (tertiary/aromatic N) is 3. The predicted octanol–water partition coefficient (Wildman–Crippen LogP) is 3.40. The van der Waals surface area contributed by atoms with Crippen molar-refractivity contribution in [2.45, 2.75) is 38.1 Å². The number of hydrogen-bond donors (Lipinski definition) is 1. The molecule has 1 aromatic carbocycles. The molecule has 2 unspecified atom stereocenters. The number of hydrogen-bond acceptors (Lipinski definition) is 6. The van der Waals surface area contributed by atoms with E-state index in [-0.39, 0.29) is 0 Å². The number of rotatable bonds is 4. The van der Waals surface area contributed by atoms with Crippen LogP contribution in [0, 0.1) is 5.92 Å². The van der Waals surface area contributed by atoms with E-state index in [2.05, 4.69) is 15.0 Å². The lowest BCUT2D eigenvalue weighted by Crippen LogP contribution is -2.41. The summed E-state index contributed by atoms with van der Waals surface area (Å²) in [6, 6.07) is 4.08. The van der Waals surface area contributed by atoms with E-state index in [0.717, 1.165) is 6.42 Å². The summed E-state index contributed by atoms with van der Waals surface area (Å²) in [5.74, 6) is 2.37. The first kappa shape index (κ1) is 16.7. The molecular formula is C18H23ClN4O2. The second-order valence-electron chi connectivity index (χ2n) is 6.94. The van der Waals surface area contributed by atoms with Crippen molar-refractivity contribution in [2.24, 2.45) is 5.92 Å². The summed E-state index contributed by atoms with van der Waals surface area (Å²) in [5, 5.41) is 4.59. The number of methoxy groups -OCH3 is 1. The normalized spacial score (nSPS) is 23.6. The van der Waals surface area contributed by atoms with E-state index in [1.807, 2.05) is 0 Å². The largest absolute Gasteiger partial charge is 0.496 e. The minimum atomic E-state index is 0.455. The number of piperidine rings is 1. The lowest BCUT2D eigenvalue weighted by Gasteiger charge is -2.36. The molecule has 7 heteroatoms. The van der Waals surface area contributed by atoms with Gasteiger partial charge in [-0.05, 0) is 50.8 Å². The van der Waals surface area contributed by atoms with Crippen molar-refractivity contribution in [3.8, 4) is 17.1 Å². The molecule has 0 aliphatic carbocycles. The number of anilines is 1. The van der Waals surface area contributed by atoms with Crippen LogP contribution in [0.15, 0.2) is 16.7 Å². The summed E-state index contributed by atoms with van der Waals surface area (Å²) in [7, 11) is 1.59. The molecule has 2 atom stereocenters. The Bertz CT molecular complexity index is 764. The number of benzene rings is 1. The maximum atomic E-state index is 6.14. The van der Waals surface area contributed by atoms with Gasteiger partial charge in [-0.3, -0.25) is 0 Å². The first-order chi connectivity index (χ1) is 12.2. The Kier molecular flexibility index (Phi) is 4.56. The molecule has 2 aromatic rings. The first-order valence-electron chi connectivity index (χ1n) is 8.85. The van der Waals surface area contributed by atoms with E-state index < -0.39 is 0 Å². The predicted molar refractivity (Wildman–Crippen MR) is 96.7 cm³/mol. The van der Waals surface area contributed by atoms with Crippen molar-refractivity contribution in [1.82, 2.24) is 15.0 Å². The quantitative estimate of drug-likeness (QED) is 0.840. The molecule has 0 saturated carbocycles. The topological polar surface area (TPSA) is 77.4 Å². The number of nitrogens with two attached hydrogens (primary N) is 1.